The third kappa shape index (κ3) is 2.56. The van der Waals surface area contributed by atoms with Crippen LogP contribution in [-0.4, -0.2) is 26.4 Å². The molecular weight excluding hydrogens is 338 g/mol. The van der Waals surface area contributed by atoms with Crippen molar-refractivity contribution in [1.29, 1.82) is 0 Å². The van der Waals surface area contributed by atoms with Gasteiger partial charge in [0, 0.05) is 5.69 Å². The van der Waals surface area contributed by atoms with Crippen molar-refractivity contribution < 1.29 is 9.47 Å². The van der Waals surface area contributed by atoms with Gasteiger partial charge in [-0.1, -0.05) is 41.7 Å². The van der Waals surface area contributed by atoms with E-state index < -0.39 is 0 Å². The van der Waals surface area contributed by atoms with Crippen LogP contribution in [0.25, 0.3) is 4.96 Å². The summed E-state index contributed by atoms with van der Waals surface area (Å²) in [5.74, 6) is 2.07. The molecule has 0 saturated heterocycles. The Bertz CT molecular complexity index is 1030. The smallest absolute Gasteiger partial charge is 0.236 e. The third-order valence-corrected chi connectivity index (χ3v) is 4.65. The average molecular weight is 351 g/mol. The molecule has 0 unspecified atom stereocenters. The van der Waals surface area contributed by atoms with Crippen LogP contribution in [0, 0.1) is 0 Å². The molecule has 2 aromatic carbocycles. The highest BCUT2D eigenvalue weighted by molar-refractivity contribution is 7.20. The first-order valence-electron chi connectivity index (χ1n) is 7.79. The summed E-state index contributed by atoms with van der Waals surface area (Å²) < 4.78 is 13.5. The topological polar surface area (TPSA) is 73.6 Å². The van der Waals surface area contributed by atoms with Crippen LogP contribution in [0.2, 0.25) is 0 Å². The van der Waals surface area contributed by atoms with Crippen molar-refractivity contribution in [3.05, 3.63) is 60.4 Å². The monoisotopic (exact) mass is 351 g/mol. The summed E-state index contributed by atoms with van der Waals surface area (Å²) in [6.07, 6.45) is -0.350. The van der Waals surface area contributed by atoms with Gasteiger partial charge in [-0.2, -0.15) is 4.52 Å². The maximum atomic E-state index is 6.01. The number of hydrogen-bond acceptors (Lipinski definition) is 7. The van der Waals surface area contributed by atoms with Crippen LogP contribution in [0.4, 0.5) is 10.8 Å². The van der Waals surface area contributed by atoms with Crippen molar-refractivity contribution in [2.24, 2.45) is 0 Å². The first-order valence-corrected chi connectivity index (χ1v) is 8.61. The fraction of sp³-hybridized carbons (Fsp3) is 0.118. The maximum Gasteiger partial charge on any atom is 0.236 e. The molecule has 25 heavy (non-hydrogen) atoms. The number of para-hydroxylation sites is 3. The van der Waals surface area contributed by atoms with Gasteiger partial charge in [0.2, 0.25) is 10.1 Å². The number of aromatic nitrogens is 4. The molecule has 0 bridgehead atoms. The molecule has 1 aliphatic heterocycles. The molecule has 8 heteroatoms. The second-order valence-corrected chi connectivity index (χ2v) is 6.47. The van der Waals surface area contributed by atoms with Gasteiger partial charge in [0.05, 0.1) is 0 Å². The standard InChI is InChI=1S/C17H13N5O2S/c1-2-6-11(7-3-1)18-16-21-22-15(19-20-17(22)25-16)14-10-23-12-8-4-5-9-13(12)24-14/h1-9,14H,10H2,(H,18,21)/t14-/m0/s1. The molecule has 0 radical (unpaired) electrons. The van der Waals surface area contributed by atoms with E-state index >= 15 is 0 Å². The van der Waals surface area contributed by atoms with E-state index in [0.717, 1.165) is 16.6 Å². The van der Waals surface area contributed by atoms with E-state index in [0.29, 0.717) is 23.1 Å². The summed E-state index contributed by atoms with van der Waals surface area (Å²) in [4.78, 5) is 0.705. The van der Waals surface area contributed by atoms with E-state index in [1.165, 1.54) is 11.3 Å². The van der Waals surface area contributed by atoms with Crippen molar-refractivity contribution in [2.45, 2.75) is 6.10 Å². The van der Waals surface area contributed by atoms with E-state index in [4.69, 9.17) is 9.47 Å². The number of anilines is 2. The minimum absolute atomic E-state index is 0.350. The Kier molecular flexibility index (Phi) is 3.27. The lowest BCUT2D eigenvalue weighted by molar-refractivity contribution is 0.0836. The number of nitrogens with one attached hydrogen (secondary N) is 1. The molecule has 4 aromatic rings. The van der Waals surface area contributed by atoms with Crippen LogP contribution in [0.3, 0.4) is 0 Å². The first-order chi connectivity index (χ1) is 12.4. The fourth-order valence-corrected chi connectivity index (χ4v) is 3.44. The molecule has 1 atom stereocenters. The molecule has 5 rings (SSSR count). The van der Waals surface area contributed by atoms with Crippen LogP contribution in [-0.2, 0) is 0 Å². The van der Waals surface area contributed by atoms with Gasteiger partial charge in [-0.15, -0.1) is 15.3 Å². The summed E-state index contributed by atoms with van der Waals surface area (Å²) in [6.45, 7) is 0.372. The summed E-state index contributed by atoms with van der Waals surface area (Å²) in [5, 5.41) is 17.0. The highest BCUT2D eigenvalue weighted by Gasteiger charge is 2.28. The van der Waals surface area contributed by atoms with Gasteiger partial charge < -0.3 is 14.8 Å². The number of ether oxygens (including phenoxy) is 2. The van der Waals surface area contributed by atoms with Crippen molar-refractivity contribution >= 4 is 27.1 Å². The molecule has 0 amide bonds. The minimum Gasteiger partial charge on any atom is -0.485 e. The summed E-state index contributed by atoms with van der Waals surface area (Å²) in [5.41, 5.74) is 0.972. The molecule has 2 aromatic heterocycles. The molecule has 7 nitrogen and oxygen atoms in total. The zero-order chi connectivity index (χ0) is 16.6. The molecule has 0 aliphatic carbocycles. The predicted molar refractivity (Wildman–Crippen MR) is 93.7 cm³/mol. The van der Waals surface area contributed by atoms with Gasteiger partial charge in [-0.25, -0.2) is 0 Å². The SMILES string of the molecule is c1ccc(Nc2nn3c([C@@H]4COc5ccccc5O4)nnc3s2)cc1. The molecule has 3 heterocycles. The largest absolute Gasteiger partial charge is 0.485 e. The second-order valence-electron chi connectivity index (χ2n) is 5.52. The van der Waals surface area contributed by atoms with Crippen LogP contribution in [0.1, 0.15) is 11.9 Å². The molecular formula is C17H13N5O2S. The Hall–Kier alpha value is -3.13. The van der Waals surface area contributed by atoms with Crippen LogP contribution in [0.5, 0.6) is 11.5 Å². The van der Waals surface area contributed by atoms with Gasteiger partial charge in [-0.05, 0) is 24.3 Å². The van der Waals surface area contributed by atoms with E-state index in [1.54, 1.807) is 4.52 Å². The Morgan fingerprint density at radius 2 is 1.80 bits per heavy atom. The molecule has 124 valence electrons. The first kappa shape index (κ1) is 14.2. The average Bonchev–Trinajstić information content (AvgIpc) is 3.22. The van der Waals surface area contributed by atoms with Gasteiger partial charge in [0.25, 0.3) is 0 Å². The third-order valence-electron chi connectivity index (χ3n) is 3.84. The lowest BCUT2D eigenvalue weighted by Crippen LogP contribution is -2.23. The van der Waals surface area contributed by atoms with E-state index in [-0.39, 0.29) is 6.10 Å². The lowest BCUT2D eigenvalue weighted by Gasteiger charge is -2.24. The zero-order valence-electron chi connectivity index (χ0n) is 13.0. The van der Waals surface area contributed by atoms with Crippen LogP contribution in [0.15, 0.2) is 54.6 Å². The maximum absolute atomic E-state index is 6.01. The van der Waals surface area contributed by atoms with Crippen molar-refractivity contribution in [2.75, 3.05) is 11.9 Å². The predicted octanol–water partition coefficient (Wildman–Crippen LogP) is 3.44. The number of fused-ring (bicyclic) bond motifs is 2. The van der Waals surface area contributed by atoms with Gasteiger partial charge >= 0.3 is 0 Å². The fourth-order valence-electron chi connectivity index (χ4n) is 2.68. The van der Waals surface area contributed by atoms with Gasteiger partial charge in [-0.3, -0.25) is 0 Å². The normalized spacial score (nSPS) is 16.1. The Balaban J connectivity index is 1.45. The van der Waals surface area contributed by atoms with Gasteiger partial charge in [0.1, 0.15) is 6.61 Å². The van der Waals surface area contributed by atoms with Crippen LogP contribution >= 0.6 is 11.3 Å². The number of nitrogens with zero attached hydrogens (tertiary/aromatic N) is 4. The zero-order valence-corrected chi connectivity index (χ0v) is 13.8. The van der Waals surface area contributed by atoms with Crippen molar-refractivity contribution in [3.63, 3.8) is 0 Å². The Morgan fingerprint density at radius 1 is 1.00 bits per heavy atom. The van der Waals surface area contributed by atoms with Crippen LogP contribution < -0.4 is 14.8 Å². The summed E-state index contributed by atoms with van der Waals surface area (Å²) in [6, 6.07) is 17.5. The van der Waals surface area contributed by atoms with Crippen molar-refractivity contribution in [3.8, 4) is 11.5 Å². The summed E-state index contributed by atoms with van der Waals surface area (Å²) in [7, 11) is 0. The molecule has 1 aliphatic rings. The quantitative estimate of drug-likeness (QED) is 0.609. The number of benzene rings is 2. The molecule has 0 saturated carbocycles. The summed E-state index contributed by atoms with van der Waals surface area (Å²) >= 11 is 1.43. The van der Waals surface area contributed by atoms with E-state index in [2.05, 4.69) is 20.6 Å². The van der Waals surface area contributed by atoms with Gasteiger partial charge in [0.15, 0.2) is 23.4 Å². The Labute approximate surface area is 146 Å². The molecule has 0 spiro atoms. The number of hydrogen-bond donors (Lipinski definition) is 1. The highest BCUT2D eigenvalue weighted by atomic mass is 32.1. The lowest BCUT2D eigenvalue weighted by atomic mass is 10.2. The highest BCUT2D eigenvalue weighted by Crippen LogP contribution is 2.36. The van der Waals surface area contributed by atoms with E-state index in [1.807, 2.05) is 54.6 Å². The second kappa shape index (κ2) is 5.75. The number of rotatable bonds is 3. The van der Waals surface area contributed by atoms with E-state index in [9.17, 15) is 0 Å². The van der Waals surface area contributed by atoms with Crippen molar-refractivity contribution in [1.82, 2.24) is 19.8 Å². The molecule has 1 N–H and O–H groups in total. The Morgan fingerprint density at radius 3 is 2.68 bits per heavy atom. The molecule has 0 fully saturated rings. The minimum atomic E-state index is -0.350.